The van der Waals surface area contributed by atoms with Gasteiger partial charge in [-0.05, 0) is 42.9 Å². The molecular formula is C21H27ClF2N6O2Si. The van der Waals surface area contributed by atoms with Crippen molar-refractivity contribution in [2.24, 2.45) is 0 Å². The molecule has 1 saturated heterocycles. The lowest BCUT2D eigenvalue weighted by atomic mass is 10.3. The highest BCUT2D eigenvalue weighted by Gasteiger charge is 2.28. The number of unbranched alkanes of at least 4 members (excludes halogenated alkanes) is 1. The highest BCUT2D eigenvalue weighted by Crippen LogP contribution is 2.34. The normalized spacial score (nSPS) is 14.9. The van der Waals surface area contributed by atoms with Crippen LogP contribution in [0.1, 0.15) is 32.0 Å². The monoisotopic (exact) mass is 496 g/mol. The van der Waals surface area contributed by atoms with Crippen molar-refractivity contribution in [1.82, 2.24) is 24.5 Å². The molecule has 33 heavy (non-hydrogen) atoms. The standard InChI is InChI=1S/C21H27ClF2N6O2Si/c1-4-5-13-33(2,3)32-15-8-6-7-14-16(15)25-18(17(23)24)30(14)21-27-19(22)26-20(28-21)29-9-11-31-12-10-29/h6-8,17H,4-5,9-13H2,1-3H3. The zero-order valence-corrected chi connectivity index (χ0v) is 20.6. The maximum absolute atomic E-state index is 14.1. The van der Waals surface area contributed by atoms with Gasteiger partial charge in [0.05, 0.1) is 18.7 Å². The number of aromatic nitrogens is 5. The fraction of sp³-hybridized carbons (Fsp3) is 0.524. The third kappa shape index (κ3) is 5.25. The maximum Gasteiger partial charge on any atom is 0.296 e. The molecule has 1 aliphatic heterocycles. The predicted molar refractivity (Wildman–Crippen MR) is 125 cm³/mol. The van der Waals surface area contributed by atoms with Crippen LogP contribution >= 0.6 is 11.6 Å². The molecule has 3 heterocycles. The Labute approximate surface area is 197 Å². The summed E-state index contributed by atoms with van der Waals surface area (Å²) < 4.78 is 41.2. The molecule has 2 aromatic heterocycles. The number of hydrogen-bond donors (Lipinski definition) is 0. The number of para-hydroxylation sites is 1. The van der Waals surface area contributed by atoms with E-state index in [0.29, 0.717) is 49.0 Å². The molecular weight excluding hydrogens is 470 g/mol. The van der Waals surface area contributed by atoms with Crippen molar-refractivity contribution in [1.29, 1.82) is 0 Å². The molecule has 3 aromatic rings. The van der Waals surface area contributed by atoms with Crippen molar-refractivity contribution in [3.63, 3.8) is 0 Å². The van der Waals surface area contributed by atoms with Gasteiger partial charge >= 0.3 is 0 Å². The molecule has 0 unspecified atom stereocenters. The van der Waals surface area contributed by atoms with Crippen molar-refractivity contribution >= 4 is 36.9 Å². The van der Waals surface area contributed by atoms with E-state index in [0.717, 1.165) is 18.9 Å². The summed E-state index contributed by atoms with van der Waals surface area (Å²) in [4.78, 5) is 18.9. The Morgan fingerprint density at radius 2 is 1.85 bits per heavy atom. The Hall–Kier alpha value is -2.37. The summed E-state index contributed by atoms with van der Waals surface area (Å²) in [5, 5.41) is -0.0796. The molecule has 1 fully saturated rings. The lowest BCUT2D eigenvalue weighted by molar-refractivity contribution is 0.122. The maximum atomic E-state index is 14.1. The minimum atomic E-state index is -2.85. The second kappa shape index (κ2) is 9.86. The fourth-order valence-electron chi connectivity index (χ4n) is 3.82. The van der Waals surface area contributed by atoms with Gasteiger partial charge in [0.15, 0.2) is 5.82 Å². The van der Waals surface area contributed by atoms with Crippen molar-refractivity contribution < 1.29 is 17.9 Å². The van der Waals surface area contributed by atoms with E-state index < -0.39 is 20.6 Å². The smallest absolute Gasteiger partial charge is 0.296 e. The molecule has 0 amide bonds. The molecule has 0 N–H and O–H groups in total. The molecule has 0 bridgehead atoms. The molecule has 1 aliphatic rings. The van der Waals surface area contributed by atoms with Crippen molar-refractivity contribution in [3.8, 4) is 11.7 Å². The first-order chi connectivity index (χ1) is 15.8. The predicted octanol–water partition coefficient (Wildman–Crippen LogP) is 5.02. The van der Waals surface area contributed by atoms with Gasteiger partial charge in [-0.15, -0.1) is 0 Å². The Bertz CT molecular complexity index is 1120. The molecule has 1 aromatic carbocycles. The van der Waals surface area contributed by atoms with E-state index in [2.05, 4.69) is 40.0 Å². The van der Waals surface area contributed by atoms with Crippen LogP contribution in [0.25, 0.3) is 17.0 Å². The second-order valence-corrected chi connectivity index (χ2v) is 13.1. The fourth-order valence-corrected chi connectivity index (χ4v) is 6.03. The number of morpholine rings is 1. The quantitative estimate of drug-likeness (QED) is 0.405. The average Bonchev–Trinajstić information content (AvgIpc) is 3.19. The Morgan fingerprint density at radius 1 is 1.12 bits per heavy atom. The first-order valence-corrected chi connectivity index (χ1v) is 14.5. The number of fused-ring (bicyclic) bond motifs is 1. The molecule has 0 aliphatic carbocycles. The van der Waals surface area contributed by atoms with E-state index in [1.807, 2.05) is 4.90 Å². The van der Waals surface area contributed by atoms with Gasteiger partial charge in [-0.25, -0.2) is 13.8 Å². The van der Waals surface area contributed by atoms with Crippen LogP contribution in [-0.2, 0) is 4.74 Å². The molecule has 8 nitrogen and oxygen atoms in total. The van der Waals surface area contributed by atoms with Gasteiger partial charge in [0.25, 0.3) is 6.43 Å². The van der Waals surface area contributed by atoms with E-state index in [4.69, 9.17) is 20.8 Å². The first kappa shape index (κ1) is 23.8. The van der Waals surface area contributed by atoms with Gasteiger partial charge < -0.3 is 14.1 Å². The van der Waals surface area contributed by atoms with Crippen LogP contribution in [0.5, 0.6) is 5.75 Å². The van der Waals surface area contributed by atoms with Crippen LogP contribution in [0.15, 0.2) is 18.2 Å². The second-order valence-electron chi connectivity index (χ2n) is 8.50. The SMILES string of the molecule is CCCC[Si](C)(C)Oc1cccc2c1nc(C(F)F)n2-c1nc(Cl)nc(N2CCOCC2)n1. The number of hydrogen-bond acceptors (Lipinski definition) is 7. The third-order valence-corrected chi connectivity index (χ3v) is 7.97. The number of rotatable bonds is 8. The van der Waals surface area contributed by atoms with Gasteiger partial charge in [-0.1, -0.05) is 25.8 Å². The summed E-state index contributed by atoms with van der Waals surface area (Å²) in [5.41, 5.74) is 0.785. The number of halogens is 3. The topological polar surface area (TPSA) is 78.2 Å². The van der Waals surface area contributed by atoms with Crippen molar-refractivity contribution in [2.45, 2.75) is 45.3 Å². The Balaban J connectivity index is 1.81. The van der Waals surface area contributed by atoms with Gasteiger partial charge in [-0.3, -0.25) is 4.57 Å². The highest BCUT2D eigenvalue weighted by molar-refractivity contribution is 6.71. The number of anilines is 1. The number of imidazole rings is 1. The summed E-state index contributed by atoms with van der Waals surface area (Å²) in [5.74, 6) is 0.337. The number of benzene rings is 1. The number of ether oxygens (including phenoxy) is 1. The van der Waals surface area contributed by atoms with Crippen LogP contribution in [-0.4, -0.2) is 59.1 Å². The Kier molecular flexibility index (Phi) is 7.10. The van der Waals surface area contributed by atoms with Crippen molar-refractivity contribution in [3.05, 3.63) is 29.3 Å². The van der Waals surface area contributed by atoms with Crippen LogP contribution in [0, 0.1) is 0 Å². The number of nitrogens with zero attached hydrogens (tertiary/aromatic N) is 6. The minimum absolute atomic E-state index is 0.00562. The van der Waals surface area contributed by atoms with Crippen molar-refractivity contribution in [2.75, 3.05) is 31.2 Å². The lowest BCUT2D eigenvalue weighted by Gasteiger charge is -2.26. The molecule has 4 rings (SSSR count). The van der Waals surface area contributed by atoms with E-state index >= 15 is 0 Å². The van der Waals surface area contributed by atoms with Crippen LogP contribution in [0.3, 0.4) is 0 Å². The van der Waals surface area contributed by atoms with E-state index in [9.17, 15) is 8.78 Å². The highest BCUT2D eigenvalue weighted by atomic mass is 35.5. The van der Waals surface area contributed by atoms with E-state index in [1.54, 1.807) is 18.2 Å². The molecule has 0 atom stereocenters. The Morgan fingerprint density at radius 3 is 2.55 bits per heavy atom. The molecule has 0 saturated carbocycles. The van der Waals surface area contributed by atoms with E-state index in [-0.39, 0.29) is 11.2 Å². The summed E-state index contributed by atoms with van der Waals surface area (Å²) in [7, 11) is -2.06. The zero-order chi connectivity index (χ0) is 23.6. The average molecular weight is 497 g/mol. The molecule has 0 spiro atoms. The molecule has 0 radical (unpaired) electrons. The van der Waals surface area contributed by atoms with Gasteiger partial charge in [-0.2, -0.15) is 15.0 Å². The van der Waals surface area contributed by atoms with Crippen LogP contribution < -0.4 is 9.33 Å². The third-order valence-electron chi connectivity index (χ3n) is 5.47. The summed E-state index contributed by atoms with van der Waals surface area (Å²) in [6.45, 7) is 8.55. The molecule has 178 valence electrons. The minimum Gasteiger partial charge on any atom is -0.543 e. The number of alkyl halides is 2. The van der Waals surface area contributed by atoms with Crippen LogP contribution in [0.4, 0.5) is 14.7 Å². The largest absolute Gasteiger partial charge is 0.543 e. The summed E-state index contributed by atoms with van der Waals surface area (Å²) in [6, 6.07) is 6.21. The summed E-state index contributed by atoms with van der Waals surface area (Å²) in [6.07, 6.45) is -0.725. The van der Waals surface area contributed by atoms with Crippen LogP contribution in [0.2, 0.25) is 24.4 Å². The van der Waals surface area contributed by atoms with E-state index in [1.165, 1.54) is 4.57 Å². The van der Waals surface area contributed by atoms with Gasteiger partial charge in [0, 0.05) is 13.1 Å². The molecule has 12 heteroatoms. The zero-order valence-electron chi connectivity index (χ0n) is 18.9. The summed E-state index contributed by atoms with van der Waals surface area (Å²) >= 11 is 6.18. The van der Waals surface area contributed by atoms with Gasteiger partial charge in [0.1, 0.15) is 11.3 Å². The van der Waals surface area contributed by atoms with Gasteiger partial charge in [0.2, 0.25) is 25.5 Å². The lowest BCUT2D eigenvalue weighted by Crippen LogP contribution is -2.37. The first-order valence-electron chi connectivity index (χ1n) is 11.0.